The maximum Gasteiger partial charge on any atom is 0.165 e. The van der Waals surface area contributed by atoms with Crippen molar-refractivity contribution >= 4 is 58.0 Å². The van der Waals surface area contributed by atoms with E-state index in [0.29, 0.717) is 6.42 Å². The molecule has 8 heteroatoms. The van der Waals surface area contributed by atoms with E-state index in [1.807, 2.05) is 0 Å². The second-order valence-electron chi connectivity index (χ2n) is 6.23. The quantitative estimate of drug-likeness (QED) is 0.375. The summed E-state index contributed by atoms with van der Waals surface area (Å²) in [7, 11) is 2.10. The minimum absolute atomic E-state index is 0.000695. The fourth-order valence-corrected chi connectivity index (χ4v) is 3.97. The van der Waals surface area contributed by atoms with E-state index < -0.39 is 0 Å². The second kappa shape index (κ2) is 9.03. The summed E-state index contributed by atoms with van der Waals surface area (Å²) >= 11 is 24.4. The van der Waals surface area contributed by atoms with Crippen LogP contribution in [-0.4, -0.2) is 61.1 Å². The van der Waals surface area contributed by atoms with Crippen LogP contribution in [-0.2, 0) is 0 Å². The van der Waals surface area contributed by atoms with Crippen molar-refractivity contribution in [2.45, 2.75) is 19.8 Å². The van der Waals surface area contributed by atoms with Gasteiger partial charge in [0.25, 0.3) is 0 Å². The Kier molecular flexibility index (Phi) is 7.56. The van der Waals surface area contributed by atoms with Crippen LogP contribution < -0.4 is 0 Å². The zero-order chi connectivity index (χ0) is 18.7. The first-order chi connectivity index (χ1) is 11.7. The molecule has 0 aromatic heterocycles. The Hall–Kier alpha value is -0.360. The molecule has 0 spiro atoms. The average molecular weight is 426 g/mol. The molecule has 1 fully saturated rings. The highest BCUT2D eigenvalue weighted by atomic mass is 35.5. The first-order valence-corrected chi connectivity index (χ1v) is 9.56. The SMILES string of the molecule is CC(=O)c1c(Cl)c(Cl)c(Cl)c(Cl)c1C(=O)CCCN1CCN(C)CC1. The van der Waals surface area contributed by atoms with Gasteiger partial charge in [0.1, 0.15) is 0 Å². The Morgan fingerprint density at radius 1 is 0.880 bits per heavy atom. The van der Waals surface area contributed by atoms with Crippen LogP contribution in [0.25, 0.3) is 0 Å². The number of halogens is 4. The van der Waals surface area contributed by atoms with Crippen molar-refractivity contribution in [3.05, 3.63) is 31.2 Å². The van der Waals surface area contributed by atoms with Crippen molar-refractivity contribution in [1.82, 2.24) is 9.80 Å². The molecule has 0 unspecified atom stereocenters. The van der Waals surface area contributed by atoms with E-state index in [4.69, 9.17) is 46.4 Å². The predicted molar refractivity (Wildman–Crippen MR) is 104 cm³/mol. The molecule has 1 aliphatic rings. The molecular formula is C17H20Cl4N2O2. The zero-order valence-corrected chi connectivity index (χ0v) is 17.2. The average Bonchev–Trinajstić information content (AvgIpc) is 2.57. The highest BCUT2D eigenvalue weighted by molar-refractivity contribution is 6.54. The second-order valence-corrected chi connectivity index (χ2v) is 7.75. The summed E-state index contributed by atoms with van der Waals surface area (Å²) in [4.78, 5) is 29.2. The van der Waals surface area contributed by atoms with E-state index in [1.165, 1.54) is 6.92 Å². The molecule has 1 saturated heterocycles. The number of benzene rings is 1. The van der Waals surface area contributed by atoms with Crippen molar-refractivity contribution in [2.75, 3.05) is 39.8 Å². The van der Waals surface area contributed by atoms with Gasteiger partial charge in [0.15, 0.2) is 11.6 Å². The molecule has 0 saturated carbocycles. The van der Waals surface area contributed by atoms with Crippen molar-refractivity contribution in [2.24, 2.45) is 0 Å². The molecule has 1 aromatic rings. The van der Waals surface area contributed by atoms with E-state index >= 15 is 0 Å². The van der Waals surface area contributed by atoms with Crippen LogP contribution >= 0.6 is 46.4 Å². The van der Waals surface area contributed by atoms with Crippen LogP contribution in [0, 0.1) is 0 Å². The molecule has 4 nitrogen and oxygen atoms in total. The maximum atomic E-state index is 12.7. The zero-order valence-electron chi connectivity index (χ0n) is 14.2. The number of likely N-dealkylation sites (N-methyl/N-ethyl adjacent to an activating group) is 1. The third-order valence-electron chi connectivity index (χ3n) is 4.37. The molecule has 0 aliphatic carbocycles. The van der Waals surface area contributed by atoms with Crippen molar-refractivity contribution in [3.63, 3.8) is 0 Å². The van der Waals surface area contributed by atoms with Crippen LogP contribution in [0.3, 0.4) is 0 Å². The van der Waals surface area contributed by atoms with Crippen molar-refractivity contribution in [3.8, 4) is 0 Å². The lowest BCUT2D eigenvalue weighted by atomic mass is 9.97. The topological polar surface area (TPSA) is 40.6 Å². The highest BCUT2D eigenvalue weighted by Crippen LogP contribution is 2.42. The Bertz CT molecular complexity index is 686. The van der Waals surface area contributed by atoms with Gasteiger partial charge in [-0.15, -0.1) is 0 Å². The number of piperazine rings is 1. The summed E-state index contributed by atoms with van der Waals surface area (Å²) in [5, 5.41) is -0.0369. The molecule has 2 rings (SSSR count). The molecule has 0 atom stereocenters. The molecule has 25 heavy (non-hydrogen) atoms. The van der Waals surface area contributed by atoms with Gasteiger partial charge in [-0.1, -0.05) is 46.4 Å². The van der Waals surface area contributed by atoms with Crippen LogP contribution in [0.4, 0.5) is 0 Å². The fraction of sp³-hybridized carbons (Fsp3) is 0.529. The Morgan fingerprint density at radius 3 is 1.92 bits per heavy atom. The molecule has 1 heterocycles. The molecule has 0 bridgehead atoms. The van der Waals surface area contributed by atoms with Gasteiger partial charge in [-0.05, 0) is 26.9 Å². The summed E-state index contributed by atoms with van der Waals surface area (Å²) in [5.74, 6) is -0.613. The smallest absolute Gasteiger partial charge is 0.165 e. The van der Waals surface area contributed by atoms with Gasteiger partial charge in [0.2, 0.25) is 0 Å². The predicted octanol–water partition coefficient (Wildman–Crippen LogP) is 4.71. The van der Waals surface area contributed by atoms with E-state index in [0.717, 1.165) is 32.7 Å². The fourth-order valence-electron chi connectivity index (χ4n) is 2.88. The minimum Gasteiger partial charge on any atom is -0.304 e. The largest absolute Gasteiger partial charge is 0.304 e. The number of rotatable bonds is 6. The normalized spacial score (nSPS) is 16.2. The number of hydrogen-bond acceptors (Lipinski definition) is 4. The lowest BCUT2D eigenvalue weighted by molar-refractivity contribution is 0.0950. The molecule has 0 radical (unpaired) electrons. The van der Waals surface area contributed by atoms with Gasteiger partial charge in [0, 0.05) is 38.2 Å². The summed E-state index contributed by atoms with van der Waals surface area (Å²) < 4.78 is 0. The first kappa shape index (κ1) is 20.9. The molecule has 1 aliphatic heterocycles. The van der Waals surface area contributed by atoms with Gasteiger partial charge >= 0.3 is 0 Å². The monoisotopic (exact) mass is 424 g/mol. The standard InChI is InChI=1S/C17H20Cl4N2O2/c1-10(24)12-13(15(19)17(21)16(20)14(12)18)11(25)4-3-5-23-8-6-22(2)7-9-23/h3-9H2,1-2H3. The van der Waals surface area contributed by atoms with Gasteiger partial charge in [-0.2, -0.15) is 0 Å². The number of ketones is 2. The van der Waals surface area contributed by atoms with Gasteiger partial charge < -0.3 is 9.80 Å². The number of carbonyl (C=O) groups is 2. The Labute approximate surface area is 167 Å². The van der Waals surface area contributed by atoms with Crippen molar-refractivity contribution < 1.29 is 9.59 Å². The van der Waals surface area contributed by atoms with Gasteiger partial charge in [0.05, 0.1) is 25.7 Å². The number of carbonyl (C=O) groups excluding carboxylic acids is 2. The van der Waals surface area contributed by atoms with Crippen LogP contribution in [0.5, 0.6) is 0 Å². The lowest BCUT2D eigenvalue weighted by Gasteiger charge is -2.32. The summed E-state index contributed by atoms with van der Waals surface area (Å²) in [5.41, 5.74) is 0.123. The van der Waals surface area contributed by atoms with Crippen LogP contribution in [0.15, 0.2) is 0 Å². The lowest BCUT2D eigenvalue weighted by Crippen LogP contribution is -2.44. The molecule has 138 valence electrons. The number of nitrogens with zero attached hydrogens (tertiary/aromatic N) is 2. The minimum atomic E-state index is -0.368. The number of Topliss-reactive ketones (excluding diaryl/α,β-unsaturated/α-hetero) is 2. The Morgan fingerprint density at radius 2 is 1.40 bits per heavy atom. The van der Waals surface area contributed by atoms with Crippen molar-refractivity contribution in [1.29, 1.82) is 0 Å². The van der Waals surface area contributed by atoms with E-state index in [-0.39, 0.29) is 49.2 Å². The molecular weight excluding hydrogens is 406 g/mol. The number of hydrogen-bond donors (Lipinski definition) is 0. The van der Waals surface area contributed by atoms with Crippen LogP contribution in [0.1, 0.15) is 40.5 Å². The van der Waals surface area contributed by atoms with Gasteiger partial charge in [-0.3, -0.25) is 9.59 Å². The highest BCUT2D eigenvalue weighted by Gasteiger charge is 2.27. The third-order valence-corrected chi connectivity index (χ3v) is 6.17. The third kappa shape index (κ3) is 4.88. The molecule has 0 amide bonds. The summed E-state index contributed by atoms with van der Waals surface area (Å²) in [6.45, 7) is 6.17. The van der Waals surface area contributed by atoms with E-state index in [9.17, 15) is 9.59 Å². The summed E-state index contributed by atoms with van der Waals surface area (Å²) in [6, 6.07) is 0. The molecule has 1 aromatic carbocycles. The van der Waals surface area contributed by atoms with E-state index in [2.05, 4.69) is 16.8 Å². The van der Waals surface area contributed by atoms with Gasteiger partial charge in [-0.25, -0.2) is 0 Å². The first-order valence-electron chi connectivity index (χ1n) is 8.05. The summed E-state index contributed by atoms with van der Waals surface area (Å²) in [6.07, 6.45) is 0.939. The van der Waals surface area contributed by atoms with Crippen LogP contribution in [0.2, 0.25) is 20.1 Å². The Balaban J connectivity index is 2.12. The van der Waals surface area contributed by atoms with E-state index in [1.54, 1.807) is 0 Å². The maximum absolute atomic E-state index is 12.7. The molecule has 0 N–H and O–H groups in total.